The summed E-state index contributed by atoms with van der Waals surface area (Å²) in [4.78, 5) is 22.7. The van der Waals surface area contributed by atoms with Crippen LogP contribution >= 0.6 is 0 Å². The van der Waals surface area contributed by atoms with E-state index in [0.717, 1.165) is 49.1 Å². The molecule has 0 bridgehead atoms. The Hall–Kier alpha value is -2.24. The molecule has 3 rings (SSSR count). The Morgan fingerprint density at radius 2 is 2.00 bits per heavy atom. The lowest BCUT2D eigenvalue weighted by Gasteiger charge is -2.33. The maximum absolute atomic E-state index is 13.6. The van der Waals surface area contributed by atoms with E-state index in [2.05, 4.69) is 14.9 Å². The first-order chi connectivity index (χ1) is 12.3. The largest absolute Gasteiger partial charge is 0.460 e. The third kappa shape index (κ3) is 4.68. The summed E-state index contributed by atoms with van der Waals surface area (Å²) < 4.78 is 19.0. The highest BCUT2D eigenvalue weighted by atomic mass is 19.1. The summed E-state index contributed by atoms with van der Waals surface area (Å²) >= 11 is 0. The fourth-order valence-electron chi connectivity index (χ4n) is 3.42. The molecule has 0 N–H and O–H groups in total. The smallest absolute Gasteiger partial charge is 0.306 e. The number of hydrogen-bond acceptors (Lipinski definition) is 5. The number of piperidine rings is 1. The summed E-state index contributed by atoms with van der Waals surface area (Å²) in [5.74, 6) is 0.890. The van der Waals surface area contributed by atoms with Gasteiger partial charge in [-0.05, 0) is 64.2 Å². The first-order valence-corrected chi connectivity index (χ1v) is 9.19. The molecule has 1 aliphatic rings. The Morgan fingerprint density at radius 3 is 2.69 bits per heavy atom. The number of nitrogens with zero attached hydrogens (tertiary/aromatic N) is 3. The van der Waals surface area contributed by atoms with Crippen LogP contribution in [-0.4, -0.2) is 34.6 Å². The molecule has 26 heavy (non-hydrogen) atoms. The number of fused-ring (bicyclic) bond motifs is 1. The van der Waals surface area contributed by atoms with Gasteiger partial charge in [-0.15, -0.1) is 0 Å². The summed E-state index contributed by atoms with van der Waals surface area (Å²) in [5, 5.41) is 0.750. The molecule has 6 heteroatoms. The third-order valence-corrected chi connectivity index (χ3v) is 4.67. The van der Waals surface area contributed by atoms with E-state index in [1.54, 1.807) is 6.07 Å². The van der Waals surface area contributed by atoms with Crippen molar-refractivity contribution in [1.82, 2.24) is 9.97 Å². The van der Waals surface area contributed by atoms with E-state index in [1.165, 1.54) is 18.5 Å². The lowest BCUT2D eigenvalue weighted by molar-refractivity contribution is -0.155. The molecule has 0 spiro atoms. The van der Waals surface area contributed by atoms with Gasteiger partial charge in [-0.2, -0.15) is 0 Å². The second-order valence-electron chi connectivity index (χ2n) is 7.91. The zero-order valence-electron chi connectivity index (χ0n) is 15.7. The topological polar surface area (TPSA) is 55.3 Å². The molecule has 140 valence electrons. The highest BCUT2D eigenvalue weighted by molar-refractivity contribution is 5.89. The number of carbonyl (C=O) groups is 1. The van der Waals surface area contributed by atoms with Crippen molar-refractivity contribution in [3.05, 3.63) is 30.3 Å². The molecule has 1 aliphatic heterocycles. The zero-order chi connectivity index (χ0) is 18.7. The van der Waals surface area contributed by atoms with Crippen molar-refractivity contribution >= 4 is 22.7 Å². The second-order valence-corrected chi connectivity index (χ2v) is 7.91. The van der Waals surface area contributed by atoms with Crippen LogP contribution in [0, 0.1) is 11.7 Å². The monoisotopic (exact) mass is 359 g/mol. The van der Waals surface area contributed by atoms with Gasteiger partial charge in [0.05, 0.1) is 5.52 Å². The summed E-state index contributed by atoms with van der Waals surface area (Å²) in [5.41, 5.74) is 0.326. The molecular formula is C20H26FN3O2. The van der Waals surface area contributed by atoms with Crippen LogP contribution < -0.4 is 4.90 Å². The Morgan fingerprint density at radius 1 is 1.27 bits per heavy atom. The fourth-order valence-corrected chi connectivity index (χ4v) is 3.42. The van der Waals surface area contributed by atoms with Crippen molar-refractivity contribution in [1.29, 1.82) is 0 Å². The van der Waals surface area contributed by atoms with Gasteiger partial charge in [0.1, 0.15) is 23.6 Å². The van der Waals surface area contributed by atoms with Gasteiger partial charge >= 0.3 is 5.97 Å². The molecule has 0 amide bonds. The van der Waals surface area contributed by atoms with E-state index in [4.69, 9.17) is 4.74 Å². The van der Waals surface area contributed by atoms with Crippen molar-refractivity contribution in [3.8, 4) is 0 Å². The van der Waals surface area contributed by atoms with Crippen molar-refractivity contribution in [2.75, 3.05) is 18.0 Å². The van der Waals surface area contributed by atoms with Crippen molar-refractivity contribution in [2.24, 2.45) is 5.92 Å². The maximum Gasteiger partial charge on any atom is 0.306 e. The van der Waals surface area contributed by atoms with Gasteiger partial charge in [0.2, 0.25) is 0 Å². The first-order valence-electron chi connectivity index (χ1n) is 9.19. The van der Waals surface area contributed by atoms with E-state index < -0.39 is 5.60 Å². The Labute approximate surface area is 153 Å². The van der Waals surface area contributed by atoms with Crippen LogP contribution in [0.5, 0.6) is 0 Å². The number of esters is 1. The standard InChI is InChI=1S/C20H26FN3O2/c1-20(2,3)26-18(25)7-4-14-8-10-24(11-9-14)19-16-12-15(21)5-6-17(16)22-13-23-19/h5-6,12-14H,4,7-11H2,1-3H3. The molecule has 0 atom stereocenters. The number of benzene rings is 1. The minimum Gasteiger partial charge on any atom is -0.460 e. The zero-order valence-corrected chi connectivity index (χ0v) is 15.7. The van der Waals surface area contributed by atoms with Gasteiger partial charge in [-0.3, -0.25) is 4.79 Å². The van der Waals surface area contributed by atoms with Crippen molar-refractivity contribution in [2.45, 2.75) is 52.1 Å². The number of halogens is 1. The fraction of sp³-hybridized carbons (Fsp3) is 0.550. The van der Waals surface area contributed by atoms with E-state index in [1.807, 2.05) is 20.8 Å². The van der Waals surface area contributed by atoms with Gasteiger partial charge in [0.25, 0.3) is 0 Å². The van der Waals surface area contributed by atoms with Crippen molar-refractivity contribution in [3.63, 3.8) is 0 Å². The number of hydrogen-bond donors (Lipinski definition) is 0. The molecule has 1 aromatic carbocycles. The van der Waals surface area contributed by atoms with Crippen LogP contribution in [0.15, 0.2) is 24.5 Å². The van der Waals surface area contributed by atoms with E-state index in [0.29, 0.717) is 12.3 Å². The number of ether oxygens (including phenoxy) is 1. The highest BCUT2D eigenvalue weighted by Crippen LogP contribution is 2.29. The molecular weight excluding hydrogens is 333 g/mol. The quantitative estimate of drug-likeness (QED) is 0.769. The average Bonchev–Trinajstić information content (AvgIpc) is 2.58. The predicted molar refractivity (Wildman–Crippen MR) is 99.5 cm³/mol. The van der Waals surface area contributed by atoms with Gasteiger partial charge in [0.15, 0.2) is 0 Å². The number of carbonyl (C=O) groups excluding carboxylic acids is 1. The van der Waals surface area contributed by atoms with Crippen molar-refractivity contribution < 1.29 is 13.9 Å². The van der Waals surface area contributed by atoms with E-state index in [9.17, 15) is 9.18 Å². The summed E-state index contributed by atoms with van der Waals surface area (Å²) in [7, 11) is 0. The molecule has 0 saturated carbocycles. The van der Waals surface area contributed by atoms with Gasteiger partial charge in [-0.1, -0.05) is 0 Å². The van der Waals surface area contributed by atoms with Gasteiger partial charge < -0.3 is 9.64 Å². The molecule has 0 aliphatic carbocycles. The Kier molecular flexibility index (Phi) is 5.39. The number of aromatic nitrogens is 2. The summed E-state index contributed by atoms with van der Waals surface area (Å²) in [6.45, 7) is 7.36. The molecule has 5 nitrogen and oxygen atoms in total. The molecule has 0 unspecified atom stereocenters. The lowest BCUT2D eigenvalue weighted by atomic mass is 9.92. The number of rotatable bonds is 4. The lowest BCUT2D eigenvalue weighted by Crippen LogP contribution is -2.34. The third-order valence-electron chi connectivity index (χ3n) is 4.67. The number of anilines is 1. The average molecular weight is 359 g/mol. The van der Waals surface area contributed by atoms with Crippen LogP contribution in [0.25, 0.3) is 10.9 Å². The minimum atomic E-state index is -0.427. The van der Waals surface area contributed by atoms with E-state index in [-0.39, 0.29) is 11.8 Å². The van der Waals surface area contributed by atoms with E-state index >= 15 is 0 Å². The molecule has 2 heterocycles. The van der Waals surface area contributed by atoms with Gasteiger partial charge in [0, 0.05) is 24.9 Å². The Balaban J connectivity index is 1.58. The van der Waals surface area contributed by atoms with Crippen LogP contribution in [0.4, 0.5) is 10.2 Å². The molecule has 2 aromatic rings. The second kappa shape index (κ2) is 7.56. The van der Waals surface area contributed by atoms with Crippen LogP contribution in [0.2, 0.25) is 0 Å². The Bertz CT molecular complexity index is 780. The highest BCUT2D eigenvalue weighted by Gasteiger charge is 2.23. The predicted octanol–water partition coefficient (Wildman–Crippen LogP) is 4.11. The van der Waals surface area contributed by atoms with Crippen LogP contribution in [0.1, 0.15) is 46.5 Å². The summed E-state index contributed by atoms with van der Waals surface area (Å²) in [6, 6.07) is 4.60. The normalized spacial score (nSPS) is 16.1. The minimum absolute atomic E-state index is 0.128. The molecule has 1 aromatic heterocycles. The first kappa shape index (κ1) is 18.5. The SMILES string of the molecule is CC(C)(C)OC(=O)CCC1CCN(c2ncnc3ccc(F)cc23)CC1. The van der Waals surface area contributed by atoms with Crippen LogP contribution in [0.3, 0.4) is 0 Å². The van der Waals surface area contributed by atoms with Gasteiger partial charge in [-0.25, -0.2) is 14.4 Å². The van der Waals surface area contributed by atoms with Crippen LogP contribution in [-0.2, 0) is 9.53 Å². The molecule has 0 radical (unpaired) electrons. The molecule has 1 fully saturated rings. The summed E-state index contributed by atoms with van der Waals surface area (Å²) in [6.07, 6.45) is 4.82. The molecule has 1 saturated heterocycles. The maximum atomic E-state index is 13.6.